The molecule has 0 radical (unpaired) electrons. The lowest BCUT2D eigenvalue weighted by Gasteiger charge is -2.48. The van der Waals surface area contributed by atoms with E-state index in [9.17, 15) is 9.59 Å². The van der Waals surface area contributed by atoms with Crippen molar-refractivity contribution in [3.63, 3.8) is 0 Å². The minimum Gasteiger partial charge on any atom is -0.481 e. The molecule has 1 aromatic carbocycles. The highest BCUT2D eigenvalue weighted by atomic mass is 19.1. The normalized spacial score (nSPS) is 20.2. The van der Waals surface area contributed by atoms with Gasteiger partial charge in [0.1, 0.15) is 29.6 Å². The number of halogens is 2. The fraction of sp³-hybridized carbons (Fsp3) is 0.613. The maximum atomic E-state index is 15.4. The van der Waals surface area contributed by atoms with Crippen LogP contribution in [0.15, 0.2) is 24.5 Å². The molecule has 3 N–H and O–H groups in total. The molecule has 1 amide bonds. The monoisotopic (exact) mass is 599 g/mol. The van der Waals surface area contributed by atoms with Gasteiger partial charge in [0.15, 0.2) is 0 Å². The summed E-state index contributed by atoms with van der Waals surface area (Å²) in [6, 6.07) is 4.43. The number of hydrogen-bond donors (Lipinski definition) is 3. The summed E-state index contributed by atoms with van der Waals surface area (Å²) in [7, 11) is 0. The zero-order chi connectivity index (χ0) is 30.6. The molecule has 3 saturated heterocycles. The van der Waals surface area contributed by atoms with E-state index in [4.69, 9.17) is 5.11 Å². The average Bonchev–Trinajstić information content (AvgIpc) is 2.95. The number of aromatic nitrogens is 2. The molecule has 43 heavy (non-hydrogen) atoms. The average molecular weight is 600 g/mol. The fourth-order valence-electron chi connectivity index (χ4n) is 6.32. The first-order valence-corrected chi connectivity index (χ1v) is 15.3. The number of piperazine rings is 1. The molecule has 0 aliphatic carbocycles. The van der Waals surface area contributed by atoms with Crippen LogP contribution < -0.4 is 20.4 Å². The number of hydrogen-bond acceptors (Lipinski definition) is 8. The van der Waals surface area contributed by atoms with Crippen molar-refractivity contribution in [2.24, 2.45) is 5.41 Å². The van der Waals surface area contributed by atoms with Crippen LogP contribution in [0, 0.1) is 17.0 Å². The molecule has 0 bridgehead atoms. The van der Waals surface area contributed by atoms with Crippen molar-refractivity contribution >= 4 is 29.2 Å². The number of carbonyl (C=O) groups is 2. The second kappa shape index (κ2) is 13.0. The third-order valence-electron chi connectivity index (χ3n) is 9.11. The molecule has 5 rings (SSSR count). The Hall–Kier alpha value is -3.54. The van der Waals surface area contributed by atoms with Crippen LogP contribution in [-0.2, 0) is 16.1 Å². The van der Waals surface area contributed by atoms with Crippen LogP contribution in [0.4, 0.5) is 26.1 Å². The van der Waals surface area contributed by atoms with Crippen LogP contribution >= 0.6 is 0 Å². The molecular formula is C31H43F2N7O3. The lowest BCUT2D eigenvalue weighted by Crippen LogP contribution is -2.66. The van der Waals surface area contributed by atoms with Gasteiger partial charge in [0, 0.05) is 56.8 Å². The maximum absolute atomic E-state index is 15.4. The second-order valence-electron chi connectivity index (χ2n) is 13.0. The number of carbonyl (C=O) groups excluding carboxylic acids is 1. The first-order chi connectivity index (χ1) is 20.5. The number of nitrogens with zero attached hydrogens (tertiary/aromatic N) is 5. The van der Waals surface area contributed by atoms with Crippen molar-refractivity contribution in [2.45, 2.75) is 70.9 Å². The predicted octanol–water partition coefficient (Wildman–Crippen LogP) is 4.02. The number of piperidine rings is 2. The molecule has 3 aliphatic heterocycles. The van der Waals surface area contributed by atoms with Crippen LogP contribution in [0.25, 0.3) is 0 Å². The Morgan fingerprint density at radius 1 is 1.00 bits per heavy atom. The number of aliphatic carboxylic acids is 1. The highest BCUT2D eigenvalue weighted by molar-refractivity contribution is 5.84. The molecule has 1 spiro atoms. The summed E-state index contributed by atoms with van der Waals surface area (Å²) in [6.07, 6.45) is 6.27. The summed E-state index contributed by atoms with van der Waals surface area (Å²) in [5, 5.41) is 15.2. The third kappa shape index (κ3) is 7.90. The van der Waals surface area contributed by atoms with Crippen molar-refractivity contribution in [3.8, 4) is 0 Å². The van der Waals surface area contributed by atoms with E-state index in [0.717, 1.165) is 38.2 Å². The summed E-state index contributed by atoms with van der Waals surface area (Å²) in [6.45, 7) is 8.85. The Labute approximate surface area is 251 Å². The summed E-state index contributed by atoms with van der Waals surface area (Å²) >= 11 is 0. The highest BCUT2D eigenvalue weighted by Crippen LogP contribution is 2.34. The zero-order valence-electron chi connectivity index (χ0n) is 25.2. The third-order valence-corrected chi connectivity index (χ3v) is 9.11. The zero-order valence-corrected chi connectivity index (χ0v) is 25.2. The number of nitrogens with one attached hydrogen (secondary N) is 2. The van der Waals surface area contributed by atoms with Crippen LogP contribution in [0.5, 0.6) is 0 Å². The fourth-order valence-corrected chi connectivity index (χ4v) is 6.32. The minimum atomic E-state index is -0.799. The van der Waals surface area contributed by atoms with E-state index < -0.39 is 23.1 Å². The molecule has 234 valence electrons. The molecule has 0 unspecified atom stereocenters. The topological polar surface area (TPSA) is 114 Å². The number of anilines is 3. The molecular weight excluding hydrogens is 556 g/mol. The van der Waals surface area contributed by atoms with Gasteiger partial charge in [-0.2, -0.15) is 0 Å². The molecule has 0 saturated carbocycles. The quantitative estimate of drug-likeness (QED) is 0.349. The number of carboxylic acids is 1. The van der Waals surface area contributed by atoms with E-state index in [-0.39, 0.29) is 30.0 Å². The first-order valence-electron chi connectivity index (χ1n) is 15.3. The van der Waals surface area contributed by atoms with E-state index in [1.54, 1.807) is 4.90 Å². The van der Waals surface area contributed by atoms with Gasteiger partial charge < -0.3 is 25.5 Å². The van der Waals surface area contributed by atoms with Gasteiger partial charge in [0.2, 0.25) is 5.91 Å². The number of carboxylic acid groups (broad SMARTS) is 1. The Bertz CT molecular complexity index is 1310. The molecule has 12 heteroatoms. The lowest BCUT2D eigenvalue weighted by molar-refractivity contribution is -0.137. The van der Waals surface area contributed by atoms with Crippen molar-refractivity contribution in [3.05, 3.63) is 41.7 Å². The van der Waals surface area contributed by atoms with Crippen molar-refractivity contribution < 1.29 is 23.5 Å². The first kappa shape index (κ1) is 30.9. The minimum absolute atomic E-state index is 0.0181. The molecule has 3 fully saturated rings. The van der Waals surface area contributed by atoms with Gasteiger partial charge in [-0.1, -0.05) is 13.8 Å². The molecule has 2 aromatic rings. The SMILES string of the molecule is CC1(C)CCN(Cc2cc(F)c(N3CC(=O)NC4(CCN(c5cc(NCCCCC(=O)O)ncn5)CC4)C3)cc2F)CC1. The maximum Gasteiger partial charge on any atom is 0.303 e. The number of likely N-dealkylation sites (tertiary alicyclic amines) is 1. The number of rotatable bonds is 10. The Kier molecular flexibility index (Phi) is 9.33. The van der Waals surface area contributed by atoms with Crippen LogP contribution in [0.1, 0.15) is 64.4 Å². The van der Waals surface area contributed by atoms with Gasteiger partial charge in [-0.25, -0.2) is 18.7 Å². The second-order valence-corrected chi connectivity index (χ2v) is 13.0. The number of amides is 1. The molecule has 4 heterocycles. The van der Waals surface area contributed by atoms with Crippen LogP contribution in [0.2, 0.25) is 0 Å². The largest absolute Gasteiger partial charge is 0.481 e. The summed E-state index contributed by atoms with van der Waals surface area (Å²) in [5.41, 5.74) is 0.217. The van der Waals surface area contributed by atoms with Crippen LogP contribution in [0.3, 0.4) is 0 Å². The Balaban J connectivity index is 1.19. The predicted molar refractivity (Wildman–Crippen MR) is 161 cm³/mol. The van der Waals surface area contributed by atoms with Crippen molar-refractivity contribution in [1.29, 1.82) is 0 Å². The van der Waals surface area contributed by atoms with Crippen molar-refractivity contribution in [2.75, 3.05) is 60.9 Å². The molecule has 3 aliphatic rings. The van der Waals surface area contributed by atoms with Gasteiger partial charge >= 0.3 is 5.97 Å². The van der Waals surface area contributed by atoms with E-state index in [1.807, 2.05) is 6.07 Å². The lowest BCUT2D eigenvalue weighted by atomic mass is 9.82. The number of benzene rings is 1. The Morgan fingerprint density at radius 2 is 1.74 bits per heavy atom. The van der Waals surface area contributed by atoms with Gasteiger partial charge in [0.25, 0.3) is 0 Å². The van der Waals surface area contributed by atoms with E-state index in [1.165, 1.54) is 18.5 Å². The van der Waals surface area contributed by atoms with Crippen LogP contribution in [-0.4, -0.2) is 83.2 Å². The van der Waals surface area contributed by atoms with E-state index in [0.29, 0.717) is 63.4 Å². The summed E-state index contributed by atoms with van der Waals surface area (Å²) < 4.78 is 30.7. The van der Waals surface area contributed by atoms with Gasteiger partial charge in [0.05, 0.1) is 17.8 Å². The van der Waals surface area contributed by atoms with Crippen molar-refractivity contribution in [1.82, 2.24) is 20.2 Å². The molecule has 0 atom stereocenters. The van der Waals surface area contributed by atoms with E-state index >= 15 is 8.78 Å². The Morgan fingerprint density at radius 3 is 2.47 bits per heavy atom. The van der Waals surface area contributed by atoms with E-state index in [2.05, 4.69) is 44.2 Å². The highest BCUT2D eigenvalue weighted by Gasteiger charge is 2.42. The summed E-state index contributed by atoms with van der Waals surface area (Å²) in [4.78, 5) is 38.2. The number of unbranched alkanes of at least 4 members (excludes halogenated alkanes) is 1. The molecule has 1 aromatic heterocycles. The van der Waals surface area contributed by atoms with Gasteiger partial charge in [-0.15, -0.1) is 0 Å². The van der Waals surface area contributed by atoms with Gasteiger partial charge in [-0.3, -0.25) is 14.5 Å². The standard InChI is InChI=1S/C31H43F2N7O3/c1-30(2)6-11-38(12-7-30)18-22-15-24(33)25(16-23(22)32)40-19-28(41)37-31(20-40)8-13-39(14-9-31)27-17-26(35-21-36-27)34-10-4-3-5-29(42)43/h15-17,21H,3-14,18-20H2,1-2H3,(H,37,41)(H,42,43)(H,34,35,36). The van der Waals surface area contributed by atoms with Gasteiger partial charge in [-0.05, 0) is 63.1 Å². The molecule has 10 nitrogen and oxygen atoms in total. The smallest absolute Gasteiger partial charge is 0.303 e. The summed E-state index contributed by atoms with van der Waals surface area (Å²) in [5.74, 6) is -0.505.